The van der Waals surface area contributed by atoms with E-state index in [0.29, 0.717) is 24.4 Å². The number of likely N-dealkylation sites (tertiary alicyclic amines) is 1. The molecule has 0 saturated carbocycles. The minimum atomic E-state index is -4.29. The summed E-state index contributed by atoms with van der Waals surface area (Å²) in [5.41, 5.74) is 2.77. The molecule has 1 aliphatic heterocycles. The smallest absolute Gasteiger partial charge is 0.416 e. The third kappa shape index (κ3) is 7.83. The molecule has 1 heterocycles. The lowest BCUT2D eigenvalue weighted by molar-refractivity contribution is -0.137. The summed E-state index contributed by atoms with van der Waals surface area (Å²) in [5.74, 6) is 0.547. The van der Waals surface area contributed by atoms with Gasteiger partial charge in [0.05, 0.1) is 5.56 Å². The Morgan fingerprint density at radius 2 is 1.57 bits per heavy atom. The average Bonchev–Trinajstić information content (AvgIpc) is 2.89. The summed E-state index contributed by atoms with van der Waals surface area (Å²) >= 11 is 0. The zero-order chi connectivity index (χ0) is 26.3. The lowest BCUT2D eigenvalue weighted by Gasteiger charge is -2.32. The Kier molecular flexibility index (Phi) is 8.87. The molecule has 4 rings (SSSR count). The fourth-order valence-electron chi connectivity index (χ4n) is 4.85. The van der Waals surface area contributed by atoms with Gasteiger partial charge in [-0.25, -0.2) is 0 Å². The second-order valence-electron chi connectivity index (χ2n) is 9.77. The van der Waals surface area contributed by atoms with Crippen molar-refractivity contribution in [2.75, 3.05) is 26.2 Å². The van der Waals surface area contributed by atoms with Crippen LogP contribution in [0.4, 0.5) is 13.2 Å². The van der Waals surface area contributed by atoms with Crippen LogP contribution in [0, 0.1) is 5.92 Å². The first-order valence-electron chi connectivity index (χ1n) is 12.8. The molecule has 3 aromatic carbocycles. The summed E-state index contributed by atoms with van der Waals surface area (Å²) < 4.78 is 38.8. The molecule has 4 nitrogen and oxygen atoms in total. The van der Waals surface area contributed by atoms with E-state index in [0.717, 1.165) is 68.1 Å². The summed E-state index contributed by atoms with van der Waals surface area (Å²) in [6, 6.07) is 20.1. The van der Waals surface area contributed by atoms with Crippen LogP contribution in [-0.2, 0) is 12.6 Å². The molecule has 37 heavy (non-hydrogen) atoms. The van der Waals surface area contributed by atoms with Gasteiger partial charge in [0.25, 0.3) is 5.91 Å². The molecule has 0 unspecified atom stereocenters. The predicted molar refractivity (Wildman–Crippen MR) is 139 cm³/mol. The SMILES string of the molecule is O=C(NCCCCN1CCC(Cc2cccc(C(F)(F)F)c2)CC1)c1ccc(-c2ccc(O)cc2)cc1. The number of rotatable bonds is 9. The number of hydrogen-bond acceptors (Lipinski definition) is 3. The van der Waals surface area contributed by atoms with Crippen molar-refractivity contribution in [3.8, 4) is 16.9 Å². The maximum absolute atomic E-state index is 12.9. The molecule has 196 valence electrons. The molecule has 0 atom stereocenters. The number of hydrogen-bond donors (Lipinski definition) is 2. The standard InChI is InChI=1S/C30H33F3N2O2/c31-30(32,33)27-5-3-4-23(21-27)20-22-14-18-35(19-15-22)17-2-1-16-34-29(37)26-8-6-24(7-9-26)25-10-12-28(36)13-11-25/h3-13,21-22,36H,1-2,14-20H2,(H,34,37). The van der Waals surface area contributed by atoms with Crippen LogP contribution in [0.5, 0.6) is 5.75 Å². The number of benzene rings is 3. The van der Waals surface area contributed by atoms with E-state index in [1.807, 2.05) is 24.3 Å². The highest BCUT2D eigenvalue weighted by molar-refractivity contribution is 5.94. The molecule has 7 heteroatoms. The quantitative estimate of drug-likeness (QED) is 0.321. The third-order valence-electron chi connectivity index (χ3n) is 7.02. The van der Waals surface area contributed by atoms with Crippen molar-refractivity contribution in [2.24, 2.45) is 5.92 Å². The van der Waals surface area contributed by atoms with Gasteiger partial charge >= 0.3 is 6.18 Å². The number of phenols is 1. The minimum Gasteiger partial charge on any atom is -0.508 e. The zero-order valence-electron chi connectivity index (χ0n) is 20.8. The fourth-order valence-corrected chi connectivity index (χ4v) is 4.85. The first kappa shape index (κ1) is 26.7. The van der Waals surface area contributed by atoms with Gasteiger partial charge in [-0.2, -0.15) is 13.2 Å². The third-order valence-corrected chi connectivity index (χ3v) is 7.02. The van der Waals surface area contributed by atoms with Crippen LogP contribution >= 0.6 is 0 Å². The highest BCUT2D eigenvalue weighted by atomic mass is 19.4. The van der Waals surface area contributed by atoms with Crippen LogP contribution in [0.25, 0.3) is 11.1 Å². The number of unbranched alkanes of at least 4 members (excludes halogenated alkanes) is 1. The van der Waals surface area contributed by atoms with E-state index in [9.17, 15) is 23.1 Å². The molecular weight excluding hydrogens is 477 g/mol. The molecule has 2 N–H and O–H groups in total. The number of piperidine rings is 1. The van der Waals surface area contributed by atoms with Crippen LogP contribution in [0.15, 0.2) is 72.8 Å². The van der Waals surface area contributed by atoms with E-state index in [1.54, 1.807) is 30.3 Å². The summed E-state index contributed by atoms with van der Waals surface area (Å²) in [6.07, 6.45) is 0.262. The number of phenolic OH excluding ortho intramolecular Hbond substituents is 1. The Morgan fingerprint density at radius 3 is 2.22 bits per heavy atom. The normalized spacial score (nSPS) is 15.0. The van der Waals surface area contributed by atoms with Crippen molar-refractivity contribution >= 4 is 5.91 Å². The molecular formula is C30H33F3N2O2. The Hall–Kier alpha value is -3.32. The van der Waals surface area contributed by atoms with Gasteiger partial charge in [0, 0.05) is 12.1 Å². The topological polar surface area (TPSA) is 52.6 Å². The highest BCUT2D eigenvalue weighted by Crippen LogP contribution is 2.31. The minimum absolute atomic E-state index is 0.0901. The lowest BCUT2D eigenvalue weighted by atomic mass is 9.89. The fraction of sp³-hybridized carbons (Fsp3) is 0.367. The summed E-state index contributed by atoms with van der Waals surface area (Å²) in [7, 11) is 0. The van der Waals surface area contributed by atoms with Crippen LogP contribution in [0.1, 0.15) is 47.2 Å². The van der Waals surface area contributed by atoms with Crippen LogP contribution < -0.4 is 5.32 Å². The number of carbonyl (C=O) groups is 1. The van der Waals surface area contributed by atoms with Gasteiger partial charge in [0.15, 0.2) is 0 Å². The van der Waals surface area contributed by atoms with E-state index in [-0.39, 0.29) is 11.7 Å². The van der Waals surface area contributed by atoms with Crippen molar-refractivity contribution in [3.63, 3.8) is 0 Å². The largest absolute Gasteiger partial charge is 0.508 e. The van der Waals surface area contributed by atoms with Gasteiger partial charge in [0.2, 0.25) is 0 Å². The van der Waals surface area contributed by atoms with E-state index in [2.05, 4.69) is 10.2 Å². The predicted octanol–water partition coefficient (Wildman–Crippen LogP) is 6.54. The maximum atomic E-state index is 12.9. The molecule has 0 aliphatic carbocycles. The van der Waals surface area contributed by atoms with Gasteiger partial charge in [0.1, 0.15) is 5.75 Å². The Bertz CT molecular complexity index is 1150. The molecule has 0 radical (unpaired) electrons. The molecule has 0 aromatic heterocycles. The number of halogens is 3. The lowest BCUT2D eigenvalue weighted by Crippen LogP contribution is -2.35. The van der Waals surface area contributed by atoms with Crippen LogP contribution in [0.3, 0.4) is 0 Å². The van der Waals surface area contributed by atoms with Gasteiger partial charge in [-0.05, 0) is 105 Å². The molecule has 3 aromatic rings. The van der Waals surface area contributed by atoms with Gasteiger partial charge in [-0.15, -0.1) is 0 Å². The number of nitrogens with zero attached hydrogens (tertiary/aromatic N) is 1. The first-order chi connectivity index (χ1) is 17.8. The second kappa shape index (κ2) is 12.3. The van der Waals surface area contributed by atoms with Crippen molar-refractivity contribution in [1.29, 1.82) is 0 Å². The van der Waals surface area contributed by atoms with Gasteiger partial charge in [-0.3, -0.25) is 4.79 Å². The summed E-state index contributed by atoms with van der Waals surface area (Å²) in [6.45, 7) is 3.50. The first-order valence-corrected chi connectivity index (χ1v) is 12.8. The number of carbonyl (C=O) groups excluding carboxylic acids is 1. The maximum Gasteiger partial charge on any atom is 0.416 e. The van der Waals surface area contributed by atoms with Gasteiger partial charge < -0.3 is 15.3 Å². The van der Waals surface area contributed by atoms with Crippen LogP contribution in [0.2, 0.25) is 0 Å². The number of aromatic hydroxyl groups is 1. The Balaban J connectivity index is 1.12. The number of alkyl halides is 3. The molecule has 0 spiro atoms. The number of nitrogens with one attached hydrogen (secondary N) is 1. The van der Waals surface area contributed by atoms with Gasteiger partial charge in [-0.1, -0.05) is 42.5 Å². The summed E-state index contributed by atoms with van der Waals surface area (Å²) in [4.78, 5) is 14.9. The average molecular weight is 511 g/mol. The van der Waals surface area contributed by atoms with Crippen LogP contribution in [-0.4, -0.2) is 42.1 Å². The van der Waals surface area contributed by atoms with Crippen molar-refractivity contribution in [1.82, 2.24) is 10.2 Å². The molecule has 1 amide bonds. The van der Waals surface area contributed by atoms with Crippen molar-refractivity contribution in [3.05, 3.63) is 89.5 Å². The summed E-state index contributed by atoms with van der Waals surface area (Å²) in [5, 5.41) is 12.4. The Labute approximate surface area is 216 Å². The Morgan fingerprint density at radius 1 is 0.919 bits per heavy atom. The number of amides is 1. The zero-order valence-corrected chi connectivity index (χ0v) is 20.8. The molecule has 1 saturated heterocycles. The van der Waals surface area contributed by atoms with Crippen molar-refractivity contribution in [2.45, 2.75) is 38.3 Å². The monoisotopic (exact) mass is 510 g/mol. The van der Waals surface area contributed by atoms with E-state index < -0.39 is 11.7 Å². The highest BCUT2D eigenvalue weighted by Gasteiger charge is 2.30. The van der Waals surface area contributed by atoms with E-state index >= 15 is 0 Å². The van der Waals surface area contributed by atoms with Crippen molar-refractivity contribution < 1.29 is 23.1 Å². The second-order valence-corrected chi connectivity index (χ2v) is 9.77. The molecule has 0 bridgehead atoms. The molecule has 1 aliphatic rings. The van der Waals surface area contributed by atoms with E-state index in [4.69, 9.17) is 0 Å². The van der Waals surface area contributed by atoms with E-state index in [1.165, 1.54) is 12.1 Å². The molecule has 1 fully saturated rings.